The van der Waals surface area contributed by atoms with Crippen LogP contribution in [0.15, 0.2) is 18.2 Å². The molecular formula is C14H17ClINO. The molecule has 1 fully saturated rings. The summed E-state index contributed by atoms with van der Waals surface area (Å²) in [5.74, 6) is 0.625. The Morgan fingerprint density at radius 1 is 1.50 bits per heavy atom. The third-order valence-electron chi connectivity index (χ3n) is 3.50. The van der Waals surface area contributed by atoms with Crippen LogP contribution in [-0.2, 0) is 0 Å². The molecule has 1 heterocycles. The number of carbonyl (C=O) groups excluding carboxylic acids is 1. The lowest BCUT2D eigenvalue weighted by molar-refractivity contribution is 0.0701. The number of carbonyl (C=O) groups is 1. The number of rotatable bonds is 2. The van der Waals surface area contributed by atoms with Crippen molar-refractivity contribution < 1.29 is 4.79 Å². The Balaban J connectivity index is 2.22. The van der Waals surface area contributed by atoms with Gasteiger partial charge >= 0.3 is 0 Å². The molecule has 0 bridgehead atoms. The zero-order valence-corrected chi connectivity index (χ0v) is 13.5. The van der Waals surface area contributed by atoms with Crippen LogP contribution in [0.5, 0.6) is 0 Å². The lowest BCUT2D eigenvalue weighted by Gasteiger charge is -2.27. The number of hydrogen-bond acceptors (Lipinski definition) is 1. The topological polar surface area (TPSA) is 20.3 Å². The van der Waals surface area contributed by atoms with E-state index in [4.69, 9.17) is 11.6 Å². The highest BCUT2D eigenvalue weighted by atomic mass is 127. The smallest absolute Gasteiger partial charge is 0.254 e. The van der Waals surface area contributed by atoms with Crippen LogP contribution in [0.2, 0.25) is 5.02 Å². The van der Waals surface area contributed by atoms with Crippen LogP contribution in [-0.4, -0.2) is 23.4 Å². The minimum Gasteiger partial charge on any atom is -0.335 e. The number of amides is 1. The fourth-order valence-electron chi connectivity index (χ4n) is 2.53. The van der Waals surface area contributed by atoms with Crippen LogP contribution in [0.25, 0.3) is 0 Å². The Hall–Kier alpha value is -0.290. The summed E-state index contributed by atoms with van der Waals surface area (Å²) in [5, 5.41) is 0.654. The summed E-state index contributed by atoms with van der Waals surface area (Å²) in [4.78, 5) is 14.5. The first-order valence-corrected chi connectivity index (χ1v) is 7.72. The Morgan fingerprint density at radius 2 is 2.22 bits per heavy atom. The van der Waals surface area contributed by atoms with Crippen LogP contribution in [0.4, 0.5) is 0 Å². The molecule has 1 atom stereocenters. The molecule has 98 valence electrons. The second kappa shape index (κ2) is 5.78. The van der Waals surface area contributed by atoms with Crippen molar-refractivity contribution in [2.45, 2.75) is 32.7 Å². The lowest BCUT2D eigenvalue weighted by Crippen LogP contribution is -2.38. The number of likely N-dealkylation sites (tertiary alicyclic amines) is 1. The molecule has 1 amide bonds. The Labute approximate surface area is 127 Å². The molecular weight excluding hydrogens is 361 g/mol. The quantitative estimate of drug-likeness (QED) is 0.707. The molecule has 4 heteroatoms. The largest absolute Gasteiger partial charge is 0.335 e. The predicted octanol–water partition coefficient (Wildman–Crippen LogP) is 4.21. The molecule has 0 saturated carbocycles. The molecule has 1 unspecified atom stereocenters. The van der Waals surface area contributed by atoms with Crippen LogP contribution in [0, 0.1) is 9.49 Å². The molecule has 1 aromatic rings. The molecule has 0 aliphatic carbocycles. The molecule has 1 aliphatic rings. The molecule has 1 aliphatic heterocycles. The van der Waals surface area contributed by atoms with Gasteiger partial charge in [0.1, 0.15) is 0 Å². The molecule has 1 aromatic carbocycles. The van der Waals surface area contributed by atoms with Crippen molar-refractivity contribution in [2.24, 2.45) is 5.92 Å². The zero-order chi connectivity index (χ0) is 13.3. The molecule has 0 spiro atoms. The van der Waals surface area contributed by atoms with Crippen molar-refractivity contribution in [1.82, 2.24) is 4.90 Å². The highest BCUT2D eigenvalue weighted by Crippen LogP contribution is 2.27. The summed E-state index contributed by atoms with van der Waals surface area (Å²) in [7, 11) is 0. The minimum absolute atomic E-state index is 0.115. The second-order valence-electron chi connectivity index (χ2n) is 5.08. The maximum Gasteiger partial charge on any atom is 0.254 e. The van der Waals surface area contributed by atoms with E-state index in [9.17, 15) is 4.79 Å². The van der Waals surface area contributed by atoms with Gasteiger partial charge in [-0.3, -0.25) is 4.79 Å². The van der Waals surface area contributed by atoms with E-state index in [1.807, 2.05) is 17.0 Å². The molecule has 2 rings (SSSR count). The van der Waals surface area contributed by atoms with Crippen molar-refractivity contribution in [1.29, 1.82) is 0 Å². The fourth-order valence-corrected chi connectivity index (χ4v) is 3.05. The van der Waals surface area contributed by atoms with E-state index in [1.165, 1.54) is 0 Å². The van der Waals surface area contributed by atoms with E-state index >= 15 is 0 Å². The van der Waals surface area contributed by atoms with Crippen molar-refractivity contribution in [3.05, 3.63) is 32.4 Å². The van der Waals surface area contributed by atoms with Crippen LogP contribution in [0.1, 0.15) is 37.0 Å². The molecule has 0 N–H and O–H groups in total. The number of nitrogens with zero attached hydrogens (tertiary/aromatic N) is 1. The first-order valence-electron chi connectivity index (χ1n) is 6.26. The van der Waals surface area contributed by atoms with Crippen molar-refractivity contribution in [3.8, 4) is 0 Å². The van der Waals surface area contributed by atoms with Gasteiger partial charge in [-0.2, -0.15) is 0 Å². The van der Waals surface area contributed by atoms with Gasteiger partial charge in [-0.05, 0) is 59.5 Å². The molecule has 18 heavy (non-hydrogen) atoms. The maximum absolute atomic E-state index is 12.5. The first kappa shape index (κ1) is 14.1. The summed E-state index contributed by atoms with van der Waals surface area (Å²) < 4.78 is 0.979. The lowest BCUT2D eigenvalue weighted by atomic mass is 10.0. The maximum atomic E-state index is 12.5. The number of hydrogen-bond donors (Lipinski definition) is 0. The zero-order valence-electron chi connectivity index (χ0n) is 10.6. The van der Waals surface area contributed by atoms with Crippen LogP contribution >= 0.6 is 34.2 Å². The Bertz CT molecular complexity index is 461. The third-order valence-corrected chi connectivity index (χ3v) is 5.07. The van der Waals surface area contributed by atoms with Gasteiger partial charge in [0, 0.05) is 21.7 Å². The van der Waals surface area contributed by atoms with Gasteiger partial charge in [-0.1, -0.05) is 25.4 Å². The summed E-state index contributed by atoms with van der Waals surface area (Å²) in [6.07, 6.45) is 2.22. The van der Waals surface area contributed by atoms with Gasteiger partial charge in [0.15, 0.2) is 0 Å². The summed E-state index contributed by atoms with van der Waals surface area (Å²) in [6.45, 7) is 5.22. The van der Waals surface area contributed by atoms with Crippen LogP contribution in [0.3, 0.4) is 0 Å². The average Bonchev–Trinajstić information content (AvgIpc) is 2.81. The number of halogens is 2. The molecule has 2 nitrogen and oxygen atoms in total. The third kappa shape index (κ3) is 2.82. The monoisotopic (exact) mass is 377 g/mol. The van der Waals surface area contributed by atoms with E-state index in [-0.39, 0.29) is 5.91 Å². The minimum atomic E-state index is 0.115. The highest BCUT2D eigenvalue weighted by molar-refractivity contribution is 14.1. The fraction of sp³-hybridized carbons (Fsp3) is 0.500. The van der Waals surface area contributed by atoms with E-state index in [1.54, 1.807) is 6.07 Å². The van der Waals surface area contributed by atoms with Gasteiger partial charge in [0.2, 0.25) is 0 Å². The Morgan fingerprint density at radius 3 is 2.83 bits per heavy atom. The van der Waals surface area contributed by atoms with E-state index in [2.05, 4.69) is 36.4 Å². The molecule has 0 radical (unpaired) electrons. The average molecular weight is 378 g/mol. The van der Waals surface area contributed by atoms with Gasteiger partial charge < -0.3 is 4.90 Å². The Kier molecular flexibility index (Phi) is 4.54. The SMILES string of the molecule is CC(C)C1CCCN1C(=O)c1ccc(I)c(Cl)c1. The summed E-state index contributed by atoms with van der Waals surface area (Å²) in [6, 6.07) is 5.92. The van der Waals surface area contributed by atoms with E-state index < -0.39 is 0 Å². The van der Waals surface area contributed by atoms with Crippen LogP contribution < -0.4 is 0 Å². The summed E-state index contributed by atoms with van der Waals surface area (Å²) in [5.41, 5.74) is 0.702. The van der Waals surface area contributed by atoms with Crippen molar-refractivity contribution in [2.75, 3.05) is 6.54 Å². The molecule has 0 aromatic heterocycles. The number of benzene rings is 1. The highest BCUT2D eigenvalue weighted by Gasteiger charge is 2.31. The van der Waals surface area contributed by atoms with Gasteiger partial charge in [-0.15, -0.1) is 0 Å². The van der Waals surface area contributed by atoms with E-state index in [0.29, 0.717) is 22.5 Å². The first-order chi connectivity index (χ1) is 8.50. The standard InChI is InChI=1S/C14H17ClINO/c1-9(2)13-4-3-7-17(13)14(18)10-5-6-12(16)11(15)8-10/h5-6,8-9,13H,3-4,7H2,1-2H3. The normalized spacial score (nSPS) is 19.6. The van der Waals surface area contributed by atoms with Gasteiger partial charge in [-0.25, -0.2) is 0 Å². The summed E-state index contributed by atoms with van der Waals surface area (Å²) >= 11 is 8.26. The predicted molar refractivity (Wildman–Crippen MR) is 83.1 cm³/mol. The van der Waals surface area contributed by atoms with Crippen molar-refractivity contribution >= 4 is 40.1 Å². The molecule has 1 saturated heterocycles. The van der Waals surface area contributed by atoms with Gasteiger partial charge in [0.05, 0.1) is 5.02 Å². The van der Waals surface area contributed by atoms with Gasteiger partial charge in [0.25, 0.3) is 5.91 Å². The van der Waals surface area contributed by atoms with E-state index in [0.717, 1.165) is 23.0 Å². The van der Waals surface area contributed by atoms with Crippen molar-refractivity contribution in [3.63, 3.8) is 0 Å². The second-order valence-corrected chi connectivity index (χ2v) is 6.65.